The fourth-order valence-corrected chi connectivity index (χ4v) is 1.86. The van der Waals surface area contributed by atoms with Crippen LogP contribution < -0.4 is 5.73 Å². The summed E-state index contributed by atoms with van der Waals surface area (Å²) in [4.78, 5) is 0. The zero-order chi connectivity index (χ0) is 13.2. The summed E-state index contributed by atoms with van der Waals surface area (Å²) in [6, 6.07) is 6.16. The molecule has 0 saturated carbocycles. The summed E-state index contributed by atoms with van der Waals surface area (Å²) >= 11 is 0. The molecule has 0 radical (unpaired) electrons. The van der Waals surface area contributed by atoms with Gasteiger partial charge in [-0.05, 0) is 49.6 Å². The minimum atomic E-state index is -4.43. The van der Waals surface area contributed by atoms with Gasteiger partial charge < -0.3 is 10.2 Å². The van der Waals surface area contributed by atoms with Crippen molar-refractivity contribution >= 4 is 11.0 Å². The van der Waals surface area contributed by atoms with E-state index in [0.29, 0.717) is 11.9 Å². The number of nitrogens with two attached hydrogens (primary N) is 1. The highest BCUT2D eigenvalue weighted by molar-refractivity contribution is 5.78. The molecule has 2 N–H and O–H groups in total. The molecule has 5 heteroatoms. The van der Waals surface area contributed by atoms with E-state index in [4.69, 9.17) is 10.2 Å². The van der Waals surface area contributed by atoms with Crippen molar-refractivity contribution in [1.82, 2.24) is 0 Å². The summed E-state index contributed by atoms with van der Waals surface area (Å²) in [5.41, 5.74) is 6.67. The van der Waals surface area contributed by atoms with Gasteiger partial charge in [0.2, 0.25) is 5.76 Å². The van der Waals surface area contributed by atoms with Crippen molar-refractivity contribution in [1.29, 1.82) is 0 Å². The number of unbranched alkanes of at least 4 members (excludes halogenated alkanes) is 1. The first-order valence-electron chi connectivity index (χ1n) is 5.80. The Morgan fingerprint density at radius 3 is 2.56 bits per heavy atom. The number of hydrogen-bond donors (Lipinski definition) is 1. The SMILES string of the molecule is NCCCCc1ccc2oc(C(F)(F)F)cc2c1. The Balaban J connectivity index is 2.23. The molecule has 0 amide bonds. The van der Waals surface area contributed by atoms with E-state index in [9.17, 15) is 13.2 Å². The Labute approximate surface area is 103 Å². The third-order valence-corrected chi connectivity index (χ3v) is 2.78. The van der Waals surface area contributed by atoms with E-state index in [2.05, 4.69) is 0 Å². The molecule has 0 unspecified atom stereocenters. The number of halogens is 3. The summed E-state index contributed by atoms with van der Waals surface area (Å²) in [6.07, 6.45) is -1.76. The maximum Gasteiger partial charge on any atom is 0.449 e. The lowest BCUT2D eigenvalue weighted by molar-refractivity contribution is -0.152. The minimum absolute atomic E-state index is 0.268. The number of alkyl halides is 3. The second kappa shape index (κ2) is 5.02. The maximum absolute atomic E-state index is 12.5. The number of aryl methyl sites for hydroxylation is 1. The van der Waals surface area contributed by atoms with Crippen LogP contribution >= 0.6 is 0 Å². The third-order valence-electron chi connectivity index (χ3n) is 2.78. The van der Waals surface area contributed by atoms with Crippen LogP contribution in [-0.4, -0.2) is 6.54 Å². The minimum Gasteiger partial charge on any atom is -0.452 e. The van der Waals surface area contributed by atoms with Gasteiger partial charge in [0, 0.05) is 5.39 Å². The van der Waals surface area contributed by atoms with Gasteiger partial charge in [0.15, 0.2) is 0 Å². The van der Waals surface area contributed by atoms with E-state index in [-0.39, 0.29) is 5.58 Å². The van der Waals surface area contributed by atoms with Gasteiger partial charge in [-0.3, -0.25) is 0 Å². The van der Waals surface area contributed by atoms with E-state index in [1.807, 2.05) is 0 Å². The van der Waals surface area contributed by atoms with Gasteiger partial charge >= 0.3 is 6.18 Å². The molecular formula is C13H14F3NO. The van der Waals surface area contributed by atoms with Crippen molar-refractivity contribution in [2.24, 2.45) is 5.73 Å². The van der Waals surface area contributed by atoms with Crippen LogP contribution in [0.25, 0.3) is 11.0 Å². The molecule has 0 aliphatic rings. The molecule has 1 heterocycles. The van der Waals surface area contributed by atoms with Crippen LogP contribution in [0.5, 0.6) is 0 Å². The maximum atomic E-state index is 12.5. The summed E-state index contributed by atoms with van der Waals surface area (Å²) in [6.45, 7) is 0.631. The number of rotatable bonds is 4. The van der Waals surface area contributed by atoms with Gasteiger partial charge in [-0.15, -0.1) is 0 Å². The van der Waals surface area contributed by atoms with Crippen molar-refractivity contribution in [3.63, 3.8) is 0 Å². The topological polar surface area (TPSA) is 39.2 Å². The number of benzene rings is 1. The highest BCUT2D eigenvalue weighted by atomic mass is 19.4. The molecule has 2 aromatic rings. The summed E-state index contributed by atoms with van der Waals surface area (Å²) < 4.78 is 42.2. The predicted octanol–water partition coefficient (Wildman–Crippen LogP) is 3.73. The quantitative estimate of drug-likeness (QED) is 0.847. The third kappa shape index (κ3) is 2.85. The smallest absolute Gasteiger partial charge is 0.449 e. The Kier molecular flexibility index (Phi) is 3.61. The fourth-order valence-electron chi connectivity index (χ4n) is 1.86. The van der Waals surface area contributed by atoms with Crippen LogP contribution in [0.15, 0.2) is 28.7 Å². The zero-order valence-electron chi connectivity index (χ0n) is 9.76. The molecule has 0 spiro atoms. The second-order valence-electron chi connectivity index (χ2n) is 4.23. The molecule has 0 aliphatic carbocycles. The molecule has 2 nitrogen and oxygen atoms in total. The summed E-state index contributed by atoms with van der Waals surface area (Å²) in [7, 11) is 0. The van der Waals surface area contributed by atoms with Crippen LogP contribution in [0.4, 0.5) is 13.2 Å². The van der Waals surface area contributed by atoms with Crippen molar-refractivity contribution in [2.75, 3.05) is 6.54 Å². The van der Waals surface area contributed by atoms with Gasteiger partial charge in [0.05, 0.1) is 0 Å². The Bertz CT molecular complexity index is 531. The molecule has 1 aromatic carbocycles. The normalized spacial score (nSPS) is 12.2. The molecule has 0 saturated heterocycles. The van der Waals surface area contributed by atoms with Crippen molar-refractivity contribution in [3.05, 3.63) is 35.6 Å². The van der Waals surface area contributed by atoms with E-state index in [1.54, 1.807) is 18.2 Å². The highest BCUT2D eigenvalue weighted by Gasteiger charge is 2.35. The zero-order valence-corrected chi connectivity index (χ0v) is 9.76. The van der Waals surface area contributed by atoms with Gasteiger partial charge in [0.25, 0.3) is 0 Å². The van der Waals surface area contributed by atoms with Crippen LogP contribution in [0.3, 0.4) is 0 Å². The molecule has 0 atom stereocenters. The lowest BCUT2D eigenvalue weighted by Gasteiger charge is -2.00. The first kappa shape index (κ1) is 13.0. The molecule has 0 bridgehead atoms. The highest BCUT2D eigenvalue weighted by Crippen LogP contribution is 2.34. The van der Waals surface area contributed by atoms with Crippen LogP contribution in [0.1, 0.15) is 24.2 Å². The Morgan fingerprint density at radius 1 is 1.11 bits per heavy atom. The van der Waals surface area contributed by atoms with Gasteiger partial charge in [-0.25, -0.2) is 0 Å². The Hall–Kier alpha value is -1.49. The average molecular weight is 257 g/mol. The van der Waals surface area contributed by atoms with E-state index >= 15 is 0 Å². The first-order valence-corrected chi connectivity index (χ1v) is 5.80. The fraction of sp³-hybridized carbons (Fsp3) is 0.385. The van der Waals surface area contributed by atoms with Crippen molar-refractivity contribution in [3.8, 4) is 0 Å². The number of furan rings is 1. The van der Waals surface area contributed by atoms with Crippen molar-refractivity contribution in [2.45, 2.75) is 25.4 Å². The second-order valence-corrected chi connectivity index (χ2v) is 4.23. The van der Waals surface area contributed by atoms with E-state index < -0.39 is 11.9 Å². The standard InChI is InChI=1S/C13H14F3NO/c14-13(15,16)12-8-10-7-9(3-1-2-6-17)4-5-11(10)18-12/h4-5,7-8H,1-3,6,17H2. The predicted molar refractivity (Wildman–Crippen MR) is 63.2 cm³/mol. The molecule has 1 aromatic heterocycles. The number of fused-ring (bicyclic) bond motifs is 1. The largest absolute Gasteiger partial charge is 0.452 e. The summed E-state index contributed by atoms with van der Waals surface area (Å²) in [5.74, 6) is -0.948. The molecular weight excluding hydrogens is 243 g/mol. The van der Waals surface area contributed by atoms with Gasteiger partial charge in [-0.1, -0.05) is 6.07 Å². The monoisotopic (exact) mass is 257 g/mol. The molecule has 0 aliphatic heterocycles. The van der Waals surface area contributed by atoms with Crippen LogP contribution in [-0.2, 0) is 12.6 Å². The van der Waals surface area contributed by atoms with Gasteiger partial charge in [0.1, 0.15) is 5.58 Å². The van der Waals surface area contributed by atoms with Crippen LogP contribution in [0.2, 0.25) is 0 Å². The Morgan fingerprint density at radius 2 is 1.89 bits per heavy atom. The lowest BCUT2D eigenvalue weighted by atomic mass is 10.1. The lowest BCUT2D eigenvalue weighted by Crippen LogP contribution is -2.01. The molecule has 18 heavy (non-hydrogen) atoms. The molecule has 0 fully saturated rings. The van der Waals surface area contributed by atoms with Crippen molar-refractivity contribution < 1.29 is 17.6 Å². The first-order chi connectivity index (χ1) is 8.50. The van der Waals surface area contributed by atoms with E-state index in [1.165, 1.54) is 0 Å². The molecule has 98 valence electrons. The van der Waals surface area contributed by atoms with Crippen LogP contribution in [0, 0.1) is 0 Å². The number of hydrogen-bond acceptors (Lipinski definition) is 2. The molecule has 2 rings (SSSR count). The van der Waals surface area contributed by atoms with E-state index in [0.717, 1.165) is 30.9 Å². The van der Waals surface area contributed by atoms with Gasteiger partial charge in [-0.2, -0.15) is 13.2 Å². The average Bonchev–Trinajstić information content (AvgIpc) is 2.72. The summed E-state index contributed by atoms with van der Waals surface area (Å²) in [5, 5.41) is 0.493.